The number of carbonyl (C=O) groups is 2. The molecular weight excluding hydrogens is 374 g/mol. The van der Waals surface area contributed by atoms with Gasteiger partial charge in [0, 0.05) is 24.5 Å². The van der Waals surface area contributed by atoms with Crippen LogP contribution >= 0.6 is 11.8 Å². The van der Waals surface area contributed by atoms with Gasteiger partial charge in [-0.1, -0.05) is 12.1 Å². The van der Waals surface area contributed by atoms with E-state index in [1.54, 1.807) is 43.4 Å². The number of urea groups is 1. The molecule has 0 atom stereocenters. The van der Waals surface area contributed by atoms with E-state index in [0.717, 1.165) is 5.56 Å². The third-order valence-corrected chi connectivity index (χ3v) is 4.72. The van der Waals surface area contributed by atoms with Gasteiger partial charge in [0.15, 0.2) is 0 Å². The minimum atomic E-state index is -0.336. The van der Waals surface area contributed by atoms with Crippen molar-refractivity contribution in [3.05, 3.63) is 59.7 Å². The monoisotopic (exact) mass is 397 g/mol. The van der Waals surface area contributed by atoms with E-state index in [0.29, 0.717) is 22.8 Å². The molecule has 28 heavy (non-hydrogen) atoms. The largest absolute Gasteiger partial charge is 0.426 e. The van der Waals surface area contributed by atoms with Crippen molar-refractivity contribution in [1.82, 2.24) is 5.32 Å². The zero-order valence-corrected chi connectivity index (χ0v) is 17.0. The van der Waals surface area contributed by atoms with Gasteiger partial charge in [-0.2, -0.15) is 5.26 Å². The number of nitrogens with zero attached hydrogens (tertiary/aromatic N) is 2. The number of esters is 1. The van der Waals surface area contributed by atoms with Crippen LogP contribution in [-0.2, 0) is 10.5 Å². The maximum Gasteiger partial charge on any atom is 0.321 e. The Hall–Kier alpha value is -2.98. The molecule has 2 rings (SSSR count). The number of nitriles is 1. The molecule has 0 fully saturated rings. The molecule has 0 saturated carbocycles. The first-order valence-corrected chi connectivity index (χ1v) is 9.96. The fourth-order valence-corrected chi connectivity index (χ4v) is 3.04. The van der Waals surface area contributed by atoms with Crippen molar-refractivity contribution in [3.8, 4) is 11.8 Å². The Labute approximate surface area is 169 Å². The Bertz CT molecular complexity index is 843. The van der Waals surface area contributed by atoms with Crippen LogP contribution in [0.1, 0.15) is 25.0 Å². The molecule has 0 unspecified atom stereocenters. The van der Waals surface area contributed by atoms with Crippen molar-refractivity contribution >= 4 is 29.4 Å². The number of rotatable bonds is 7. The molecule has 2 aromatic carbocycles. The lowest BCUT2D eigenvalue weighted by Crippen LogP contribution is -2.40. The van der Waals surface area contributed by atoms with Gasteiger partial charge in [-0.05, 0) is 55.8 Å². The maximum absolute atomic E-state index is 12.0. The van der Waals surface area contributed by atoms with Crippen molar-refractivity contribution in [2.24, 2.45) is 0 Å². The topological polar surface area (TPSA) is 82.4 Å². The van der Waals surface area contributed by atoms with E-state index in [1.165, 1.54) is 16.7 Å². The van der Waals surface area contributed by atoms with E-state index in [4.69, 9.17) is 10.00 Å². The Morgan fingerprint density at radius 3 is 2.36 bits per heavy atom. The minimum Gasteiger partial charge on any atom is -0.426 e. The van der Waals surface area contributed by atoms with Gasteiger partial charge in [0.05, 0.1) is 17.4 Å². The van der Waals surface area contributed by atoms with Crippen molar-refractivity contribution in [3.63, 3.8) is 0 Å². The fraction of sp³-hybridized carbons (Fsp3) is 0.286. The van der Waals surface area contributed by atoms with Gasteiger partial charge in [0.2, 0.25) is 0 Å². The highest BCUT2D eigenvalue weighted by Crippen LogP contribution is 2.20. The van der Waals surface area contributed by atoms with Crippen LogP contribution in [0.3, 0.4) is 0 Å². The number of carbonyl (C=O) groups excluding carboxylic acids is 2. The summed E-state index contributed by atoms with van der Waals surface area (Å²) in [4.78, 5) is 25.5. The number of hydrogen-bond donors (Lipinski definition) is 1. The average molecular weight is 398 g/mol. The molecule has 2 aromatic rings. The minimum absolute atomic E-state index is 0.0527. The summed E-state index contributed by atoms with van der Waals surface area (Å²) in [7, 11) is 1.68. The van der Waals surface area contributed by atoms with E-state index in [-0.39, 0.29) is 23.8 Å². The Balaban J connectivity index is 1.80. The SMILES string of the molecule is CC(C)NC(=O)N(C)c1ccc(OC(=O)CSCc2ccc(C#N)cc2)cc1. The van der Waals surface area contributed by atoms with Gasteiger partial charge in [0.25, 0.3) is 0 Å². The highest BCUT2D eigenvalue weighted by Gasteiger charge is 2.12. The van der Waals surface area contributed by atoms with Crippen molar-refractivity contribution < 1.29 is 14.3 Å². The van der Waals surface area contributed by atoms with Gasteiger partial charge in [-0.3, -0.25) is 9.69 Å². The van der Waals surface area contributed by atoms with Crippen LogP contribution in [0, 0.1) is 11.3 Å². The van der Waals surface area contributed by atoms with Crippen LogP contribution in [0.2, 0.25) is 0 Å². The van der Waals surface area contributed by atoms with E-state index in [9.17, 15) is 9.59 Å². The maximum atomic E-state index is 12.0. The van der Waals surface area contributed by atoms with Gasteiger partial charge in [-0.25, -0.2) is 4.79 Å². The standard InChI is InChI=1S/C21H23N3O3S/c1-15(2)23-21(26)24(3)18-8-10-19(11-9-18)27-20(25)14-28-13-17-6-4-16(12-22)5-7-17/h4-11,15H,13-14H2,1-3H3,(H,23,26). The lowest BCUT2D eigenvalue weighted by atomic mass is 10.2. The van der Waals surface area contributed by atoms with Gasteiger partial charge in [-0.15, -0.1) is 11.8 Å². The Morgan fingerprint density at radius 1 is 1.14 bits per heavy atom. The molecule has 0 spiro atoms. The number of ether oxygens (including phenoxy) is 1. The smallest absolute Gasteiger partial charge is 0.321 e. The molecule has 0 aliphatic rings. The summed E-state index contributed by atoms with van der Waals surface area (Å²) in [6, 6.07) is 16.0. The van der Waals surface area contributed by atoms with Crippen LogP contribution in [0.25, 0.3) is 0 Å². The predicted octanol–water partition coefficient (Wildman–Crippen LogP) is 3.95. The number of amides is 2. The number of hydrogen-bond acceptors (Lipinski definition) is 5. The summed E-state index contributed by atoms with van der Waals surface area (Å²) >= 11 is 1.45. The second kappa shape index (κ2) is 10.4. The molecular formula is C21H23N3O3S. The van der Waals surface area contributed by atoms with Crippen molar-refractivity contribution in [2.45, 2.75) is 25.6 Å². The van der Waals surface area contributed by atoms with E-state index < -0.39 is 0 Å². The van der Waals surface area contributed by atoms with Crippen LogP contribution < -0.4 is 15.0 Å². The number of anilines is 1. The summed E-state index contributed by atoms with van der Waals surface area (Å²) in [5.74, 6) is 0.983. The molecule has 146 valence electrons. The van der Waals surface area contributed by atoms with E-state index in [2.05, 4.69) is 11.4 Å². The van der Waals surface area contributed by atoms with E-state index >= 15 is 0 Å². The van der Waals surface area contributed by atoms with Crippen LogP contribution in [0.4, 0.5) is 10.5 Å². The molecule has 7 heteroatoms. The second-order valence-electron chi connectivity index (χ2n) is 6.43. The Kier molecular flexibility index (Phi) is 7.90. The first kappa shape index (κ1) is 21.3. The molecule has 0 aliphatic carbocycles. The summed E-state index contributed by atoms with van der Waals surface area (Å²) in [6.07, 6.45) is 0. The highest BCUT2D eigenvalue weighted by molar-refractivity contribution is 7.99. The fourth-order valence-electron chi connectivity index (χ4n) is 2.29. The molecule has 0 aliphatic heterocycles. The quantitative estimate of drug-likeness (QED) is 0.565. The van der Waals surface area contributed by atoms with Crippen LogP contribution in [0.5, 0.6) is 5.75 Å². The predicted molar refractivity (Wildman–Crippen MR) is 111 cm³/mol. The normalized spacial score (nSPS) is 10.2. The van der Waals surface area contributed by atoms with Gasteiger partial charge < -0.3 is 10.1 Å². The third-order valence-electron chi connectivity index (χ3n) is 3.74. The zero-order chi connectivity index (χ0) is 20.5. The molecule has 2 amide bonds. The van der Waals surface area contributed by atoms with E-state index in [1.807, 2.05) is 26.0 Å². The lowest BCUT2D eigenvalue weighted by Gasteiger charge is -2.20. The highest BCUT2D eigenvalue weighted by atomic mass is 32.2. The number of nitrogens with one attached hydrogen (secondary N) is 1. The summed E-state index contributed by atoms with van der Waals surface area (Å²) in [5, 5.41) is 11.6. The zero-order valence-electron chi connectivity index (χ0n) is 16.1. The molecule has 1 N–H and O–H groups in total. The van der Waals surface area contributed by atoms with Crippen molar-refractivity contribution in [1.29, 1.82) is 5.26 Å². The number of benzene rings is 2. The average Bonchev–Trinajstić information content (AvgIpc) is 2.68. The Morgan fingerprint density at radius 2 is 1.79 bits per heavy atom. The molecule has 0 aromatic heterocycles. The van der Waals surface area contributed by atoms with Gasteiger partial charge in [0.1, 0.15) is 5.75 Å². The summed E-state index contributed by atoms with van der Waals surface area (Å²) in [6.45, 7) is 3.79. The molecule has 6 nitrogen and oxygen atoms in total. The van der Waals surface area contributed by atoms with Crippen molar-refractivity contribution in [2.75, 3.05) is 17.7 Å². The van der Waals surface area contributed by atoms with Crippen LogP contribution in [0.15, 0.2) is 48.5 Å². The first-order valence-electron chi connectivity index (χ1n) is 8.81. The molecule has 0 saturated heterocycles. The first-order chi connectivity index (χ1) is 13.4. The second-order valence-corrected chi connectivity index (χ2v) is 7.42. The molecule has 0 radical (unpaired) electrons. The summed E-state index contributed by atoms with van der Waals surface area (Å²) in [5.41, 5.74) is 2.36. The number of thioether (sulfide) groups is 1. The summed E-state index contributed by atoms with van der Waals surface area (Å²) < 4.78 is 5.33. The van der Waals surface area contributed by atoms with Gasteiger partial charge >= 0.3 is 12.0 Å². The third kappa shape index (κ3) is 6.63. The molecule has 0 bridgehead atoms. The lowest BCUT2D eigenvalue weighted by molar-refractivity contribution is -0.131. The molecule has 0 heterocycles. The van der Waals surface area contributed by atoms with Crippen LogP contribution in [-0.4, -0.2) is 30.8 Å².